The van der Waals surface area contributed by atoms with Crippen molar-refractivity contribution >= 4 is 17.3 Å². The number of nitrogens with zero attached hydrogens (tertiary/aromatic N) is 1. The maximum absolute atomic E-state index is 11.6. The molecule has 1 aliphatic carbocycles. The SMILES string of the molecule is COC(=O)c1ccc(N)c(N(CCO)C2CCC2)c1. The second kappa shape index (κ2) is 5.93. The number of methoxy groups -OCH3 is 1. The quantitative estimate of drug-likeness (QED) is 0.621. The standard InChI is InChI=1S/C14H20N2O3/c1-19-14(18)10-5-6-12(15)13(9-10)16(7-8-17)11-3-2-4-11/h5-6,9,11,17H,2-4,7-8,15H2,1H3. The second-order valence-electron chi connectivity index (χ2n) is 4.77. The van der Waals surface area contributed by atoms with Crippen molar-refractivity contribution in [1.29, 1.82) is 0 Å². The summed E-state index contributed by atoms with van der Waals surface area (Å²) in [6, 6.07) is 5.52. The third-order valence-electron chi connectivity index (χ3n) is 3.62. The van der Waals surface area contributed by atoms with E-state index >= 15 is 0 Å². The Balaban J connectivity index is 2.31. The van der Waals surface area contributed by atoms with Gasteiger partial charge in [0.25, 0.3) is 0 Å². The van der Waals surface area contributed by atoms with Crippen LogP contribution in [0.5, 0.6) is 0 Å². The molecule has 1 aromatic rings. The third-order valence-corrected chi connectivity index (χ3v) is 3.62. The Hall–Kier alpha value is -1.75. The lowest BCUT2D eigenvalue weighted by Gasteiger charge is -2.39. The summed E-state index contributed by atoms with van der Waals surface area (Å²) in [7, 11) is 1.36. The topological polar surface area (TPSA) is 75.8 Å². The summed E-state index contributed by atoms with van der Waals surface area (Å²) < 4.78 is 4.72. The zero-order valence-corrected chi connectivity index (χ0v) is 11.1. The van der Waals surface area contributed by atoms with Crippen LogP contribution in [0.4, 0.5) is 11.4 Å². The van der Waals surface area contributed by atoms with E-state index in [0.29, 0.717) is 23.8 Å². The molecule has 2 rings (SSSR count). The fraction of sp³-hybridized carbons (Fsp3) is 0.500. The number of carbonyl (C=O) groups is 1. The number of rotatable bonds is 5. The van der Waals surface area contributed by atoms with E-state index in [4.69, 9.17) is 10.5 Å². The summed E-state index contributed by atoms with van der Waals surface area (Å²) in [4.78, 5) is 13.7. The van der Waals surface area contributed by atoms with Crippen molar-refractivity contribution in [1.82, 2.24) is 0 Å². The summed E-state index contributed by atoms with van der Waals surface area (Å²) in [6.45, 7) is 0.595. The Morgan fingerprint density at radius 2 is 2.26 bits per heavy atom. The molecule has 0 atom stereocenters. The Morgan fingerprint density at radius 3 is 2.79 bits per heavy atom. The van der Waals surface area contributed by atoms with Gasteiger partial charge in [0.05, 0.1) is 30.7 Å². The molecule has 0 bridgehead atoms. The number of hydrogen-bond donors (Lipinski definition) is 2. The van der Waals surface area contributed by atoms with E-state index in [1.165, 1.54) is 13.5 Å². The number of aliphatic hydroxyl groups is 1. The van der Waals surface area contributed by atoms with Crippen LogP contribution in [0.1, 0.15) is 29.6 Å². The van der Waals surface area contributed by atoms with Crippen LogP contribution in [0.2, 0.25) is 0 Å². The van der Waals surface area contributed by atoms with Gasteiger partial charge in [-0.15, -0.1) is 0 Å². The minimum Gasteiger partial charge on any atom is -0.465 e. The smallest absolute Gasteiger partial charge is 0.337 e. The van der Waals surface area contributed by atoms with Gasteiger partial charge < -0.3 is 20.5 Å². The highest BCUT2D eigenvalue weighted by Gasteiger charge is 2.26. The minimum absolute atomic E-state index is 0.0678. The minimum atomic E-state index is -0.376. The fourth-order valence-corrected chi connectivity index (χ4v) is 2.34. The number of aliphatic hydroxyl groups excluding tert-OH is 1. The molecule has 1 saturated carbocycles. The molecule has 0 spiro atoms. The van der Waals surface area contributed by atoms with Crippen LogP contribution in [0.3, 0.4) is 0 Å². The van der Waals surface area contributed by atoms with Gasteiger partial charge in [-0.25, -0.2) is 4.79 Å². The van der Waals surface area contributed by atoms with Crippen molar-refractivity contribution in [3.63, 3.8) is 0 Å². The summed E-state index contributed by atoms with van der Waals surface area (Å²) in [5.41, 5.74) is 7.91. The van der Waals surface area contributed by atoms with Gasteiger partial charge in [-0.1, -0.05) is 0 Å². The van der Waals surface area contributed by atoms with Crippen molar-refractivity contribution in [3.8, 4) is 0 Å². The van der Waals surface area contributed by atoms with E-state index in [1.807, 2.05) is 0 Å². The Kier molecular flexibility index (Phi) is 4.27. The molecule has 0 saturated heterocycles. The van der Waals surface area contributed by atoms with Gasteiger partial charge in [-0.05, 0) is 37.5 Å². The van der Waals surface area contributed by atoms with Crippen molar-refractivity contribution < 1.29 is 14.6 Å². The number of esters is 1. The van der Waals surface area contributed by atoms with Crippen LogP contribution >= 0.6 is 0 Å². The van der Waals surface area contributed by atoms with Gasteiger partial charge in [-0.2, -0.15) is 0 Å². The van der Waals surface area contributed by atoms with E-state index in [9.17, 15) is 9.90 Å². The molecule has 1 aliphatic rings. The van der Waals surface area contributed by atoms with Gasteiger partial charge >= 0.3 is 5.97 Å². The molecule has 0 radical (unpaired) electrons. The van der Waals surface area contributed by atoms with Gasteiger partial charge in [0.2, 0.25) is 0 Å². The van der Waals surface area contributed by atoms with Crippen LogP contribution in [0.25, 0.3) is 0 Å². The highest BCUT2D eigenvalue weighted by atomic mass is 16.5. The normalized spacial score (nSPS) is 14.8. The van der Waals surface area contributed by atoms with E-state index < -0.39 is 0 Å². The average molecular weight is 264 g/mol. The molecule has 0 heterocycles. The van der Waals surface area contributed by atoms with Crippen LogP contribution in [0, 0.1) is 0 Å². The molecule has 0 amide bonds. The summed E-state index contributed by atoms with van der Waals surface area (Å²) in [6.07, 6.45) is 3.40. The van der Waals surface area contributed by atoms with Crippen molar-refractivity contribution in [2.45, 2.75) is 25.3 Å². The molecule has 0 aliphatic heterocycles. The van der Waals surface area contributed by atoms with E-state index in [-0.39, 0.29) is 12.6 Å². The van der Waals surface area contributed by atoms with Gasteiger partial charge in [0.15, 0.2) is 0 Å². The van der Waals surface area contributed by atoms with Crippen LogP contribution in [-0.2, 0) is 4.74 Å². The van der Waals surface area contributed by atoms with Crippen molar-refractivity contribution in [2.24, 2.45) is 0 Å². The number of ether oxygens (including phenoxy) is 1. The van der Waals surface area contributed by atoms with Crippen LogP contribution in [-0.4, -0.2) is 37.4 Å². The predicted molar refractivity (Wildman–Crippen MR) is 74.3 cm³/mol. The number of hydrogen-bond acceptors (Lipinski definition) is 5. The van der Waals surface area contributed by atoms with Gasteiger partial charge in [0, 0.05) is 12.6 Å². The maximum atomic E-state index is 11.6. The highest BCUT2D eigenvalue weighted by molar-refractivity contribution is 5.92. The Labute approximate surface area is 113 Å². The second-order valence-corrected chi connectivity index (χ2v) is 4.77. The van der Waals surface area contributed by atoms with Crippen LogP contribution in [0.15, 0.2) is 18.2 Å². The summed E-state index contributed by atoms with van der Waals surface area (Å²) in [5, 5.41) is 9.21. The maximum Gasteiger partial charge on any atom is 0.337 e. The monoisotopic (exact) mass is 264 g/mol. The number of nitrogens with two attached hydrogens (primary N) is 1. The summed E-state index contributed by atoms with van der Waals surface area (Å²) in [5.74, 6) is -0.376. The molecule has 0 unspecified atom stereocenters. The Bertz CT molecular complexity index is 458. The van der Waals surface area contributed by atoms with Crippen molar-refractivity contribution in [2.75, 3.05) is 30.9 Å². The number of benzene rings is 1. The predicted octanol–water partition coefficient (Wildman–Crippen LogP) is 1.41. The number of carbonyl (C=O) groups excluding carboxylic acids is 1. The first-order valence-electron chi connectivity index (χ1n) is 6.52. The van der Waals surface area contributed by atoms with Crippen molar-refractivity contribution in [3.05, 3.63) is 23.8 Å². The molecule has 19 heavy (non-hydrogen) atoms. The summed E-state index contributed by atoms with van der Waals surface area (Å²) >= 11 is 0. The van der Waals surface area contributed by atoms with E-state index in [2.05, 4.69) is 4.90 Å². The molecule has 3 N–H and O–H groups in total. The molecule has 0 aromatic heterocycles. The van der Waals surface area contributed by atoms with Gasteiger partial charge in [0.1, 0.15) is 0 Å². The lowest BCUT2D eigenvalue weighted by Crippen LogP contribution is -2.42. The highest BCUT2D eigenvalue weighted by Crippen LogP contribution is 2.33. The molecule has 1 fully saturated rings. The largest absolute Gasteiger partial charge is 0.465 e. The third kappa shape index (κ3) is 2.81. The number of nitrogen functional groups attached to an aromatic ring is 1. The molecular weight excluding hydrogens is 244 g/mol. The Morgan fingerprint density at radius 1 is 1.53 bits per heavy atom. The molecular formula is C14H20N2O3. The van der Waals surface area contributed by atoms with Gasteiger partial charge in [-0.3, -0.25) is 0 Å². The van der Waals surface area contributed by atoms with Crippen LogP contribution < -0.4 is 10.6 Å². The zero-order valence-electron chi connectivity index (χ0n) is 11.1. The molecule has 5 nitrogen and oxygen atoms in total. The lowest BCUT2D eigenvalue weighted by atomic mass is 9.90. The molecule has 5 heteroatoms. The fourth-order valence-electron chi connectivity index (χ4n) is 2.34. The first-order valence-corrected chi connectivity index (χ1v) is 6.52. The lowest BCUT2D eigenvalue weighted by molar-refractivity contribution is 0.0601. The first kappa shape index (κ1) is 13.7. The first-order chi connectivity index (χ1) is 9.17. The number of anilines is 2. The molecule has 104 valence electrons. The average Bonchev–Trinajstić information content (AvgIpc) is 2.36. The molecule has 1 aromatic carbocycles. The zero-order chi connectivity index (χ0) is 13.8. The van der Waals surface area contributed by atoms with E-state index in [0.717, 1.165) is 18.5 Å². The van der Waals surface area contributed by atoms with E-state index in [1.54, 1.807) is 18.2 Å².